The number of hydrogen-bond acceptors (Lipinski definition) is 2. The molecule has 0 bridgehead atoms. The van der Waals surface area contributed by atoms with Gasteiger partial charge in [0.15, 0.2) is 11.6 Å². The molecule has 2 nitrogen and oxygen atoms in total. The SMILES string of the molecule is CCN(Cc1cccc(F)c1F)CC(C)(C)O. The molecule has 0 saturated carbocycles. The van der Waals surface area contributed by atoms with Gasteiger partial charge in [0.1, 0.15) is 0 Å². The average Bonchev–Trinajstić information content (AvgIpc) is 2.21. The van der Waals surface area contributed by atoms with Gasteiger partial charge in [-0.05, 0) is 26.5 Å². The summed E-state index contributed by atoms with van der Waals surface area (Å²) in [6.07, 6.45) is 0. The molecule has 0 atom stereocenters. The lowest BCUT2D eigenvalue weighted by Crippen LogP contribution is -2.38. The smallest absolute Gasteiger partial charge is 0.163 e. The molecule has 0 aliphatic heterocycles. The van der Waals surface area contributed by atoms with Gasteiger partial charge in [-0.25, -0.2) is 8.78 Å². The van der Waals surface area contributed by atoms with Gasteiger partial charge < -0.3 is 5.11 Å². The molecule has 0 unspecified atom stereocenters. The van der Waals surface area contributed by atoms with E-state index in [9.17, 15) is 13.9 Å². The van der Waals surface area contributed by atoms with Crippen LogP contribution in [0.5, 0.6) is 0 Å². The Morgan fingerprint density at radius 2 is 1.94 bits per heavy atom. The Morgan fingerprint density at radius 3 is 2.47 bits per heavy atom. The van der Waals surface area contributed by atoms with Crippen LogP contribution in [0.2, 0.25) is 0 Å². The van der Waals surface area contributed by atoms with Crippen molar-refractivity contribution in [3.05, 3.63) is 35.4 Å². The van der Waals surface area contributed by atoms with Crippen molar-refractivity contribution >= 4 is 0 Å². The molecule has 0 aliphatic rings. The first-order valence-corrected chi connectivity index (χ1v) is 5.71. The van der Waals surface area contributed by atoms with Crippen LogP contribution in [0.1, 0.15) is 26.3 Å². The molecule has 0 heterocycles. The minimum absolute atomic E-state index is 0.296. The van der Waals surface area contributed by atoms with Crippen molar-refractivity contribution in [2.45, 2.75) is 32.9 Å². The average molecular weight is 243 g/mol. The maximum atomic E-state index is 13.5. The van der Waals surface area contributed by atoms with E-state index in [4.69, 9.17) is 0 Å². The van der Waals surface area contributed by atoms with Gasteiger partial charge in [-0.15, -0.1) is 0 Å². The summed E-state index contributed by atoms with van der Waals surface area (Å²) in [6.45, 7) is 6.68. The van der Waals surface area contributed by atoms with Crippen LogP contribution in [0.4, 0.5) is 8.78 Å². The lowest BCUT2D eigenvalue weighted by molar-refractivity contribution is 0.0349. The van der Waals surface area contributed by atoms with E-state index in [0.717, 1.165) is 6.07 Å². The van der Waals surface area contributed by atoms with Crippen LogP contribution < -0.4 is 0 Å². The zero-order valence-electron chi connectivity index (χ0n) is 10.5. The molecule has 1 aromatic carbocycles. The van der Waals surface area contributed by atoms with E-state index in [1.807, 2.05) is 11.8 Å². The van der Waals surface area contributed by atoms with E-state index in [-0.39, 0.29) is 0 Å². The minimum Gasteiger partial charge on any atom is -0.389 e. The summed E-state index contributed by atoms with van der Waals surface area (Å²) in [5.41, 5.74) is -0.532. The van der Waals surface area contributed by atoms with Crippen LogP contribution in [0.25, 0.3) is 0 Å². The van der Waals surface area contributed by atoms with Crippen molar-refractivity contribution in [1.29, 1.82) is 0 Å². The second-order valence-electron chi connectivity index (χ2n) is 4.83. The predicted octanol–water partition coefficient (Wildman–Crippen LogP) is 2.56. The molecule has 0 saturated heterocycles. The summed E-state index contributed by atoms with van der Waals surface area (Å²) in [6, 6.07) is 4.15. The number of likely N-dealkylation sites (N-methyl/N-ethyl adjacent to an activating group) is 1. The third-order valence-corrected chi connectivity index (χ3v) is 2.48. The Kier molecular flexibility index (Phi) is 4.60. The van der Waals surface area contributed by atoms with Crippen LogP contribution >= 0.6 is 0 Å². The fraction of sp³-hybridized carbons (Fsp3) is 0.538. The number of nitrogens with zero attached hydrogens (tertiary/aromatic N) is 1. The summed E-state index contributed by atoms with van der Waals surface area (Å²) >= 11 is 0. The van der Waals surface area contributed by atoms with Gasteiger partial charge in [0.25, 0.3) is 0 Å². The monoisotopic (exact) mass is 243 g/mol. The molecule has 0 spiro atoms. The zero-order valence-corrected chi connectivity index (χ0v) is 10.5. The predicted molar refractivity (Wildman–Crippen MR) is 63.6 cm³/mol. The zero-order chi connectivity index (χ0) is 13.1. The molecular formula is C13H19F2NO. The van der Waals surface area contributed by atoms with Gasteiger partial charge in [0.2, 0.25) is 0 Å². The quantitative estimate of drug-likeness (QED) is 0.859. The highest BCUT2D eigenvalue weighted by molar-refractivity contribution is 5.18. The first kappa shape index (κ1) is 14.1. The van der Waals surface area contributed by atoms with Crippen molar-refractivity contribution in [1.82, 2.24) is 4.90 Å². The highest BCUT2D eigenvalue weighted by atomic mass is 19.2. The third kappa shape index (κ3) is 4.40. The minimum atomic E-state index is -0.847. The van der Waals surface area contributed by atoms with E-state index in [1.165, 1.54) is 6.07 Å². The van der Waals surface area contributed by atoms with E-state index >= 15 is 0 Å². The van der Waals surface area contributed by atoms with Gasteiger partial charge in [-0.3, -0.25) is 4.90 Å². The van der Waals surface area contributed by atoms with Gasteiger partial charge in [0, 0.05) is 18.7 Å². The molecule has 0 fully saturated rings. The van der Waals surface area contributed by atoms with Crippen LogP contribution in [0, 0.1) is 11.6 Å². The maximum Gasteiger partial charge on any atom is 0.163 e. The maximum absolute atomic E-state index is 13.5. The summed E-state index contributed by atoms with van der Waals surface area (Å²) < 4.78 is 26.5. The molecular weight excluding hydrogens is 224 g/mol. The molecule has 0 aromatic heterocycles. The molecule has 4 heteroatoms. The first-order chi connectivity index (χ1) is 7.83. The summed E-state index contributed by atoms with van der Waals surface area (Å²) in [7, 11) is 0. The number of benzene rings is 1. The summed E-state index contributed by atoms with van der Waals surface area (Å²) in [5, 5.41) is 9.71. The Morgan fingerprint density at radius 1 is 1.29 bits per heavy atom. The molecule has 96 valence electrons. The van der Waals surface area contributed by atoms with Gasteiger partial charge in [-0.2, -0.15) is 0 Å². The molecule has 0 aliphatic carbocycles. The topological polar surface area (TPSA) is 23.5 Å². The molecule has 0 amide bonds. The molecule has 1 rings (SSSR count). The van der Waals surface area contributed by atoms with Crippen LogP contribution in [0.3, 0.4) is 0 Å². The van der Waals surface area contributed by atoms with E-state index < -0.39 is 17.2 Å². The molecule has 0 radical (unpaired) electrons. The summed E-state index contributed by atoms with van der Waals surface area (Å²) in [4.78, 5) is 1.87. The summed E-state index contributed by atoms with van der Waals surface area (Å²) in [5.74, 6) is -1.64. The largest absolute Gasteiger partial charge is 0.389 e. The van der Waals surface area contributed by atoms with Crippen molar-refractivity contribution in [3.63, 3.8) is 0 Å². The Bertz CT molecular complexity index is 374. The van der Waals surface area contributed by atoms with E-state index in [1.54, 1.807) is 19.9 Å². The number of hydrogen-bond donors (Lipinski definition) is 1. The lowest BCUT2D eigenvalue weighted by atomic mass is 10.1. The fourth-order valence-corrected chi connectivity index (χ4v) is 1.74. The van der Waals surface area contributed by atoms with E-state index in [0.29, 0.717) is 25.2 Å². The lowest BCUT2D eigenvalue weighted by Gasteiger charge is -2.28. The van der Waals surface area contributed by atoms with Crippen molar-refractivity contribution in [3.8, 4) is 0 Å². The van der Waals surface area contributed by atoms with Crippen LogP contribution in [-0.2, 0) is 6.54 Å². The molecule has 17 heavy (non-hydrogen) atoms. The second kappa shape index (κ2) is 5.56. The van der Waals surface area contributed by atoms with Gasteiger partial charge in [-0.1, -0.05) is 19.1 Å². The van der Waals surface area contributed by atoms with Gasteiger partial charge >= 0.3 is 0 Å². The Hall–Kier alpha value is -1.00. The van der Waals surface area contributed by atoms with Crippen molar-refractivity contribution in [2.24, 2.45) is 0 Å². The molecule has 1 N–H and O–H groups in total. The fourth-order valence-electron chi connectivity index (χ4n) is 1.74. The normalized spacial score (nSPS) is 12.2. The van der Waals surface area contributed by atoms with Gasteiger partial charge in [0.05, 0.1) is 5.60 Å². The highest BCUT2D eigenvalue weighted by Crippen LogP contribution is 2.15. The number of aliphatic hydroxyl groups is 1. The second-order valence-corrected chi connectivity index (χ2v) is 4.83. The molecule has 1 aromatic rings. The van der Waals surface area contributed by atoms with Crippen LogP contribution in [0.15, 0.2) is 18.2 Å². The highest BCUT2D eigenvalue weighted by Gasteiger charge is 2.18. The Balaban J connectivity index is 2.77. The number of halogens is 2. The van der Waals surface area contributed by atoms with E-state index in [2.05, 4.69) is 0 Å². The van der Waals surface area contributed by atoms with Crippen molar-refractivity contribution in [2.75, 3.05) is 13.1 Å². The first-order valence-electron chi connectivity index (χ1n) is 5.71. The third-order valence-electron chi connectivity index (χ3n) is 2.48. The van der Waals surface area contributed by atoms with Crippen LogP contribution in [-0.4, -0.2) is 28.7 Å². The Labute approximate surface area is 101 Å². The standard InChI is InChI=1S/C13H19F2NO/c1-4-16(9-13(2,3)17)8-10-6-5-7-11(14)12(10)15/h5-7,17H,4,8-9H2,1-3H3. The van der Waals surface area contributed by atoms with Crippen molar-refractivity contribution < 1.29 is 13.9 Å². The number of rotatable bonds is 5.